The van der Waals surface area contributed by atoms with Crippen LogP contribution in [0.1, 0.15) is 128 Å². The van der Waals surface area contributed by atoms with E-state index in [0.717, 1.165) is 66.7 Å². The molecule has 3 aromatic heterocycles. The van der Waals surface area contributed by atoms with Crippen molar-refractivity contribution in [2.75, 3.05) is 34.4 Å². The van der Waals surface area contributed by atoms with Crippen molar-refractivity contribution in [3.63, 3.8) is 0 Å². The first-order valence-electron chi connectivity index (χ1n) is 24.1. The summed E-state index contributed by atoms with van der Waals surface area (Å²) in [6, 6.07) is 29.1. The fraction of sp³-hybridized carbons (Fsp3) is 0.267. The predicted molar refractivity (Wildman–Crippen MR) is 302 cm³/mol. The average Bonchev–Trinajstić information content (AvgIpc) is 4.10. The summed E-state index contributed by atoms with van der Waals surface area (Å²) in [5.74, 6) is 0. The molecule has 0 fully saturated rings. The summed E-state index contributed by atoms with van der Waals surface area (Å²) >= 11 is 0. The number of anilines is 6. The van der Waals surface area contributed by atoms with Gasteiger partial charge in [-0.1, -0.05) is 107 Å². The highest BCUT2D eigenvalue weighted by atomic mass is 14.8. The molecule has 0 spiro atoms. The predicted octanol–water partition coefficient (Wildman–Crippen LogP) is 14.0. The zero-order valence-corrected chi connectivity index (χ0v) is 42.8. The highest BCUT2D eigenvalue weighted by Gasteiger charge is 2.27. The van der Waals surface area contributed by atoms with Gasteiger partial charge in [-0.3, -0.25) is 0 Å². The summed E-state index contributed by atoms with van der Waals surface area (Å²) in [7, 11) is 0. The largest absolute Gasteiger partial charge is 0.398 e. The standard InChI is InChI=1S/C60H68N10/c1-57(2,3)32-15-13-31(14-16-32)50-42-17-19-44(67-42)54(51-36(61)25-33(26-37(51)62)58(4,5)6)46-21-23-48(69-46)56(53-40(65)29-35(30-41(53)66)60(10,11)12)49-24-22-47(70-49)55(45-20-18-43(50)68-45)52-38(63)27-34(28-39(52)64)59(7,8)9/h13-30,67,70H,61-66H2,1-12H3. The van der Waals surface area contributed by atoms with E-state index in [1.54, 1.807) is 0 Å². The Morgan fingerprint density at radius 2 is 0.543 bits per heavy atom. The number of nitrogens with zero attached hydrogens (tertiary/aromatic N) is 2. The molecule has 0 saturated heterocycles. The Labute approximate surface area is 412 Å². The minimum absolute atomic E-state index is 0.0432. The van der Waals surface area contributed by atoms with Crippen LogP contribution >= 0.6 is 0 Å². The van der Waals surface area contributed by atoms with Crippen molar-refractivity contribution in [3.8, 4) is 44.5 Å². The fourth-order valence-corrected chi connectivity index (χ4v) is 9.66. The second kappa shape index (κ2) is 16.5. The Hall–Kier alpha value is -7.72. The number of hydrogen-bond donors (Lipinski definition) is 8. The molecule has 0 unspecified atom stereocenters. The summed E-state index contributed by atoms with van der Waals surface area (Å²) in [5, 5.41) is 0. The number of H-pyrrole nitrogens is 2. The van der Waals surface area contributed by atoms with Crippen LogP contribution in [-0.4, -0.2) is 19.9 Å². The van der Waals surface area contributed by atoms with E-state index in [4.69, 9.17) is 44.4 Å². The molecule has 5 heterocycles. The number of aromatic amines is 2. The van der Waals surface area contributed by atoms with Gasteiger partial charge in [0.25, 0.3) is 0 Å². The average molecular weight is 929 g/mol. The van der Waals surface area contributed by atoms with Crippen LogP contribution in [0, 0.1) is 0 Å². The summed E-state index contributed by atoms with van der Waals surface area (Å²) in [5.41, 5.74) is 61.5. The first kappa shape index (κ1) is 47.4. The van der Waals surface area contributed by atoms with Gasteiger partial charge in [0.1, 0.15) is 0 Å². The number of aromatic nitrogens is 4. The summed E-state index contributed by atoms with van der Waals surface area (Å²) in [6.45, 7) is 26.0. The van der Waals surface area contributed by atoms with E-state index in [-0.39, 0.29) is 21.7 Å². The maximum atomic E-state index is 7.12. The number of fused-ring (bicyclic) bond motifs is 8. The van der Waals surface area contributed by atoms with Gasteiger partial charge >= 0.3 is 0 Å². The molecule has 358 valence electrons. The first-order chi connectivity index (χ1) is 32.7. The number of nitrogens with one attached hydrogen (secondary N) is 2. The first-order valence-corrected chi connectivity index (χ1v) is 24.1. The maximum absolute atomic E-state index is 7.12. The normalized spacial score (nSPS) is 13.1. The molecule has 2 aliphatic rings. The van der Waals surface area contributed by atoms with Gasteiger partial charge in [0.15, 0.2) is 0 Å². The molecule has 0 saturated carbocycles. The zero-order chi connectivity index (χ0) is 50.6. The quantitative estimate of drug-likeness (QED) is 0.0793. The number of hydrogen-bond acceptors (Lipinski definition) is 8. The molecule has 70 heavy (non-hydrogen) atoms. The molecular weight excluding hydrogens is 861 g/mol. The van der Waals surface area contributed by atoms with E-state index in [0.29, 0.717) is 73.5 Å². The van der Waals surface area contributed by atoms with E-state index in [2.05, 4.69) is 136 Å². The number of benzene rings is 4. The third kappa shape index (κ3) is 8.46. The molecule has 10 heteroatoms. The molecule has 0 amide bonds. The Balaban J connectivity index is 1.50. The molecule has 7 aromatic rings. The van der Waals surface area contributed by atoms with Crippen LogP contribution in [0.4, 0.5) is 34.1 Å². The van der Waals surface area contributed by atoms with Crippen molar-refractivity contribution in [1.82, 2.24) is 19.9 Å². The zero-order valence-electron chi connectivity index (χ0n) is 42.8. The lowest BCUT2D eigenvalue weighted by molar-refractivity contribution is 0.590. The SMILES string of the molecule is CC(C)(C)c1ccc(-c2c3nc(c(-c4c(N)cc(C(C)(C)C)cc4N)c4ccc([nH]4)c(-c4c(N)cc(C(C)(C)C)cc4N)c4nc(c(-c5c(N)cc(C(C)(C)C)cc5N)c5ccc2[nH]5)C=C4)C=C3)cc1. The minimum atomic E-state index is -0.205. The van der Waals surface area contributed by atoms with Crippen LogP contribution in [-0.2, 0) is 21.7 Å². The minimum Gasteiger partial charge on any atom is -0.398 e. The summed E-state index contributed by atoms with van der Waals surface area (Å²) in [6.07, 6.45) is 8.12. The maximum Gasteiger partial charge on any atom is 0.0738 e. The van der Waals surface area contributed by atoms with Crippen molar-refractivity contribution in [2.45, 2.75) is 105 Å². The van der Waals surface area contributed by atoms with Gasteiger partial charge in [-0.05, 0) is 134 Å². The Morgan fingerprint density at radius 1 is 0.300 bits per heavy atom. The summed E-state index contributed by atoms with van der Waals surface area (Å²) in [4.78, 5) is 18.6. The van der Waals surface area contributed by atoms with Gasteiger partial charge in [-0.2, -0.15) is 0 Å². The highest BCUT2D eigenvalue weighted by molar-refractivity contribution is 6.06. The van der Waals surface area contributed by atoms with E-state index >= 15 is 0 Å². The third-order valence-corrected chi connectivity index (χ3v) is 13.7. The Kier molecular flexibility index (Phi) is 11.1. The van der Waals surface area contributed by atoms with Crippen LogP contribution in [0.25, 0.3) is 90.9 Å². The van der Waals surface area contributed by atoms with Crippen LogP contribution in [0.2, 0.25) is 0 Å². The van der Waals surface area contributed by atoms with E-state index in [1.165, 1.54) is 5.56 Å². The molecule has 14 N–H and O–H groups in total. The topological polar surface area (TPSA) is 213 Å². The van der Waals surface area contributed by atoms with Crippen LogP contribution in [0.3, 0.4) is 0 Å². The lowest BCUT2D eigenvalue weighted by Crippen LogP contribution is -2.13. The molecule has 9 rings (SSSR count). The van der Waals surface area contributed by atoms with Crippen LogP contribution in [0.5, 0.6) is 0 Å². The van der Waals surface area contributed by atoms with E-state index in [1.807, 2.05) is 66.8 Å². The van der Waals surface area contributed by atoms with Gasteiger partial charge in [-0.25, -0.2) is 9.97 Å². The molecule has 0 radical (unpaired) electrons. The van der Waals surface area contributed by atoms with Gasteiger partial charge < -0.3 is 44.4 Å². The van der Waals surface area contributed by atoms with Crippen LogP contribution < -0.4 is 34.4 Å². The highest BCUT2D eigenvalue weighted by Crippen LogP contribution is 2.46. The van der Waals surface area contributed by atoms with Crippen LogP contribution in [0.15, 0.2) is 84.9 Å². The molecule has 4 aromatic carbocycles. The smallest absolute Gasteiger partial charge is 0.0738 e. The molecule has 0 aliphatic carbocycles. The van der Waals surface area contributed by atoms with Gasteiger partial charge in [-0.15, -0.1) is 0 Å². The van der Waals surface area contributed by atoms with Gasteiger partial charge in [0, 0.05) is 95.1 Å². The second-order valence-electron chi connectivity index (χ2n) is 23.2. The second-order valence-corrected chi connectivity index (χ2v) is 23.2. The van der Waals surface area contributed by atoms with Crippen molar-refractivity contribution in [1.29, 1.82) is 0 Å². The lowest BCUT2D eigenvalue weighted by Gasteiger charge is -2.22. The van der Waals surface area contributed by atoms with Crippen molar-refractivity contribution in [3.05, 3.63) is 130 Å². The van der Waals surface area contributed by atoms with Crippen molar-refractivity contribution >= 4 is 80.5 Å². The number of nitrogen functional groups attached to an aromatic ring is 6. The summed E-state index contributed by atoms with van der Waals surface area (Å²) < 4.78 is 0. The molecule has 10 nitrogen and oxygen atoms in total. The van der Waals surface area contributed by atoms with Gasteiger partial charge in [0.05, 0.1) is 22.8 Å². The molecule has 2 aliphatic heterocycles. The Bertz CT molecular complexity index is 3380. The Morgan fingerprint density at radius 3 is 0.800 bits per heavy atom. The van der Waals surface area contributed by atoms with E-state index < -0.39 is 0 Å². The van der Waals surface area contributed by atoms with Crippen molar-refractivity contribution in [2.24, 2.45) is 0 Å². The lowest BCUT2D eigenvalue weighted by atomic mass is 9.84. The number of rotatable bonds is 4. The van der Waals surface area contributed by atoms with E-state index in [9.17, 15) is 0 Å². The monoisotopic (exact) mass is 929 g/mol. The van der Waals surface area contributed by atoms with Gasteiger partial charge in [0.2, 0.25) is 0 Å². The molecule has 8 bridgehead atoms. The fourth-order valence-electron chi connectivity index (χ4n) is 9.66. The molecule has 0 atom stereocenters. The molecular formula is C60H68N10. The number of nitrogens with two attached hydrogens (primary N) is 6. The third-order valence-electron chi connectivity index (χ3n) is 13.7. The van der Waals surface area contributed by atoms with Crippen molar-refractivity contribution < 1.29 is 0 Å².